The van der Waals surface area contributed by atoms with Crippen LogP contribution in [-0.2, 0) is 4.79 Å². The van der Waals surface area contributed by atoms with Gasteiger partial charge < -0.3 is 10.2 Å². The van der Waals surface area contributed by atoms with E-state index in [1.165, 1.54) is 0 Å². The van der Waals surface area contributed by atoms with Crippen LogP contribution in [0, 0.1) is 0 Å². The molecule has 3 rings (SSSR count). The van der Waals surface area contributed by atoms with Gasteiger partial charge in [0.1, 0.15) is 6.04 Å². The SMILES string of the molecule is CC[C@@H]1C(=O)NCCN1C(=S)NC(=O)c1ccc(-c2ccccc2)cc1. The van der Waals surface area contributed by atoms with Crippen molar-refractivity contribution in [1.82, 2.24) is 15.5 Å². The molecule has 0 radical (unpaired) electrons. The highest BCUT2D eigenvalue weighted by molar-refractivity contribution is 7.80. The largest absolute Gasteiger partial charge is 0.353 e. The summed E-state index contributed by atoms with van der Waals surface area (Å²) in [6.07, 6.45) is 0.633. The van der Waals surface area contributed by atoms with E-state index in [1.807, 2.05) is 49.4 Å². The highest BCUT2D eigenvalue weighted by atomic mass is 32.1. The molecule has 1 saturated heterocycles. The zero-order chi connectivity index (χ0) is 18.5. The first kappa shape index (κ1) is 18.1. The first-order valence-corrected chi connectivity index (χ1v) is 9.06. The number of nitrogens with one attached hydrogen (secondary N) is 2. The van der Waals surface area contributed by atoms with Crippen LogP contribution >= 0.6 is 12.2 Å². The molecule has 0 saturated carbocycles. The Bertz CT molecular complexity index is 806. The third kappa shape index (κ3) is 3.91. The number of nitrogens with zero attached hydrogens (tertiary/aromatic N) is 1. The lowest BCUT2D eigenvalue weighted by Crippen LogP contribution is -2.59. The van der Waals surface area contributed by atoms with Gasteiger partial charge in [-0.25, -0.2) is 0 Å². The molecule has 1 heterocycles. The normalized spacial score (nSPS) is 16.7. The molecule has 6 heteroatoms. The molecule has 2 aromatic carbocycles. The van der Waals surface area contributed by atoms with E-state index in [0.29, 0.717) is 30.2 Å². The van der Waals surface area contributed by atoms with E-state index in [2.05, 4.69) is 10.6 Å². The van der Waals surface area contributed by atoms with Crippen LogP contribution in [0.2, 0.25) is 0 Å². The van der Waals surface area contributed by atoms with Gasteiger partial charge in [0.25, 0.3) is 5.91 Å². The highest BCUT2D eigenvalue weighted by Crippen LogP contribution is 2.19. The fourth-order valence-electron chi connectivity index (χ4n) is 3.05. The Morgan fingerprint density at radius 3 is 2.46 bits per heavy atom. The van der Waals surface area contributed by atoms with Crippen molar-refractivity contribution in [2.24, 2.45) is 0 Å². The number of hydrogen-bond acceptors (Lipinski definition) is 3. The van der Waals surface area contributed by atoms with Crippen LogP contribution < -0.4 is 10.6 Å². The summed E-state index contributed by atoms with van der Waals surface area (Å²) >= 11 is 5.36. The Labute approximate surface area is 158 Å². The molecule has 0 aliphatic carbocycles. The van der Waals surface area contributed by atoms with Crippen LogP contribution in [0.4, 0.5) is 0 Å². The van der Waals surface area contributed by atoms with Crippen LogP contribution in [-0.4, -0.2) is 41.0 Å². The van der Waals surface area contributed by atoms with Gasteiger partial charge in [-0.3, -0.25) is 14.9 Å². The zero-order valence-electron chi connectivity index (χ0n) is 14.6. The Morgan fingerprint density at radius 2 is 1.81 bits per heavy atom. The van der Waals surface area contributed by atoms with Gasteiger partial charge in [0.2, 0.25) is 5.91 Å². The molecule has 0 spiro atoms. The quantitative estimate of drug-likeness (QED) is 0.819. The van der Waals surface area contributed by atoms with Gasteiger partial charge in [0.05, 0.1) is 0 Å². The number of rotatable bonds is 3. The van der Waals surface area contributed by atoms with Crippen molar-refractivity contribution >= 4 is 29.1 Å². The average molecular weight is 367 g/mol. The molecule has 26 heavy (non-hydrogen) atoms. The van der Waals surface area contributed by atoms with Crippen molar-refractivity contribution in [3.05, 3.63) is 60.2 Å². The summed E-state index contributed by atoms with van der Waals surface area (Å²) in [7, 11) is 0. The molecule has 2 amide bonds. The number of hydrogen-bond donors (Lipinski definition) is 2. The van der Waals surface area contributed by atoms with Crippen LogP contribution in [0.25, 0.3) is 11.1 Å². The second-order valence-corrected chi connectivity index (χ2v) is 6.50. The third-order valence-electron chi connectivity index (χ3n) is 4.45. The average Bonchev–Trinajstić information content (AvgIpc) is 2.68. The minimum atomic E-state index is -0.336. The molecule has 5 nitrogen and oxygen atoms in total. The molecular weight excluding hydrogens is 346 g/mol. The number of carbonyl (C=O) groups excluding carboxylic acids is 2. The summed E-state index contributed by atoms with van der Waals surface area (Å²) in [4.78, 5) is 26.2. The predicted molar refractivity (Wildman–Crippen MR) is 106 cm³/mol. The van der Waals surface area contributed by atoms with Crippen LogP contribution in [0.1, 0.15) is 23.7 Å². The summed E-state index contributed by atoms with van der Waals surface area (Å²) in [5.41, 5.74) is 2.67. The van der Waals surface area contributed by atoms with Gasteiger partial charge in [0.15, 0.2) is 5.11 Å². The minimum absolute atomic E-state index is 0.0532. The maximum absolute atomic E-state index is 12.5. The Balaban J connectivity index is 1.68. The molecule has 1 fully saturated rings. The van der Waals surface area contributed by atoms with Crippen molar-refractivity contribution in [3.63, 3.8) is 0 Å². The topological polar surface area (TPSA) is 61.4 Å². The fourth-order valence-corrected chi connectivity index (χ4v) is 3.36. The van der Waals surface area contributed by atoms with E-state index < -0.39 is 0 Å². The summed E-state index contributed by atoms with van der Waals surface area (Å²) in [6, 6.07) is 17.0. The molecule has 1 aliphatic rings. The van der Waals surface area contributed by atoms with E-state index in [0.717, 1.165) is 11.1 Å². The predicted octanol–water partition coefficient (Wildman–Crippen LogP) is 2.58. The van der Waals surface area contributed by atoms with Crippen LogP contribution in [0.15, 0.2) is 54.6 Å². The Hall–Kier alpha value is -2.73. The number of piperazine rings is 1. The molecule has 134 valence electrons. The molecule has 0 unspecified atom stereocenters. The lowest BCUT2D eigenvalue weighted by Gasteiger charge is -2.36. The fraction of sp³-hybridized carbons (Fsp3) is 0.250. The van der Waals surface area contributed by atoms with Gasteiger partial charge in [-0.05, 0) is 41.9 Å². The number of amides is 2. The van der Waals surface area contributed by atoms with Gasteiger partial charge in [-0.2, -0.15) is 0 Å². The maximum atomic E-state index is 12.5. The summed E-state index contributed by atoms with van der Waals surface area (Å²) < 4.78 is 0. The molecule has 2 N–H and O–H groups in total. The van der Waals surface area contributed by atoms with Crippen molar-refractivity contribution in [3.8, 4) is 11.1 Å². The standard InChI is InChI=1S/C20H21N3O2S/c1-2-17-19(25)21-12-13-23(17)20(26)22-18(24)16-10-8-15(9-11-16)14-6-4-3-5-7-14/h3-11,17H,2,12-13H2,1H3,(H,21,25)(H,22,24,26)/t17-/m1/s1. The van der Waals surface area contributed by atoms with E-state index in [9.17, 15) is 9.59 Å². The number of thiocarbonyl (C=S) groups is 1. The van der Waals surface area contributed by atoms with Crippen molar-refractivity contribution < 1.29 is 9.59 Å². The molecular formula is C20H21N3O2S. The lowest BCUT2D eigenvalue weighted by atomic mass is 10.0. The smallest absolute Gasteiger partial charge is 0.257 e. The lowest BCUT2D eigenvalue weighted by molar-refractivity contribution is -0.127. The van der Waals surface area contributed by atoms with E-state index in [-0.39, 0.29) is 17.9 Å². The Morgan fingerprint density at radius 1 is 1.15 bits per heavy atom. The van der Waals surface area contributed by atoms with E-state index >= 15 is 0 Å². The molecule has 2 aromatic rings. The third-order valence-corrected chi connectivity index (χ3v) is 4.79. The molecule has 0 aromatic heterocycles. The second-order valence-electron chi connectivity index (χ2n) is 6.11. The number of carbonyl (C=O) groups is 2. The summed E-state index contributed by atoms with van der Waals surface area (Å²) in [5.74, 6) is -0.321. The minimum Gasteiger partial charge on any atom is -0.353 e. The monoisotopic (exact) mass is 367 g/mol. The van der Waals surface area contributed by atoms with Crippen LogP contribution in [0.3, 0.4) is 0 Å². The first-order valence-electron chi connectivity index (χ1n) is 8.65. The maximum Gasteiger partial charge on any atom is 0.257 e. The highest BCUT2D eigenvalue weighted by Gasteiger charge is 2.30. The molecule has 1 atom stereocenters. The van der Waals surface area contributed by atoms with Gasteiger partial charge >= 0.3 is 0 Å². The molecule has 0 bridgehead atoms. The van der Waals surface area contributed by atoms with Gasteiger partial charge in [-0.15, -0.1) is 0 Å². The second kappa shape index (κ2) is 8.10. The summed E-state index contributed by atoms with van der Waals surface area (Å²) in [5, 5.41) is 5.87. The summed E-state index contributed by atoms with van der Waals surface area (Å²) in [6.45, 7) is 3.04. The van der Waals surface area contributed by atoms with Crippen molar-refractivity contribution in [2.75, 3.05) is 13.1 Å². The van der Waals surface area contributed by atoms with Crippen molar-refractivity contribution in [2.45, 2.75) is 19.4 Å². The Kier molecular flexibility index (Phi) is 5.63. The molecule has 1 aliphatic heterocycles. The van der Waals surface area contributed by atoms with Crippen molar-refractivity contribution in [1.29, 1.82) is 0 Å². The van der Waals surface area contributed by atoms with E-state index in [1.54, 1.807) is 17.0 Å². The zero-order valence-corrected chi connectivity index (χ0v) is 15.4. The number of benzene rings is 2. The van der Waals surface area contributed by atoms with Gasteiger partial charge in [0, 0.05) is 18.7 Å². The first-order chi connectivity index (χ1) is 12.6. The van der Waals surface area contributed by atoms with Crippen LogP contribution in [0.5, 0.6) is 0 Å². The van der Waals surface area contributed by atoms with Gasteiger partial charge in [-0.1, -0.05) is 49.4 Å². The van der Waals surface area contributed by atoms with E-state index in [4.69, 9.17) is 12.2 Å².